The molecule has 0 fully saturated rings. The molecule has 0 aliphatic carbocycles. The maximum atomic E-state index is 12.3. The minimum Gasteiger partial charge on any atom is -0.324 e. The summed E-state index contributed by atoms with van der Waals surface area (Å²) < 4.78 is 1.34. The van der Waals surface area contributed by atoms with Gasteiger partial charge in [-0.05, 0) is 45.0 Å². The van der Waals surface area contributed by atoms with E-state index >= 15 is 0 Å². The standard InChI is InChI=1S/C15H15Cl2N3O2/c1-8-4-9(2)20(15(22)18-8)10(3)14(21)19-13-6-11(16)5-12(17)7-13/h4-7,10H,1-3H3,(H,19,21). The molecule has 116 valence electrons. The van der Waals surface area contributed by atoms with Crippen LogP contribution < -0.4 is 11.0 Å². The summed E-state index contributed by atoms with van der Waals surface area (Å²) in [7, 11) is 0. The first-order valence-corrected chi connectivity index (χ1v) is 7.37. The number of halogens is 2. The van der Waals surface area contributed by atoms with Crippen molar-refractivity contribution in [3.63, 3.8) is 0 Å². The predicted molar refractivity (Wildman–Crippen MR) is 87.8 cm³/mol. The summed E-state index contributed by atoms with van der Waals surface area (Å²) in [6.07, 6.45) is 0. The molecular weight excluding hydrogens is 325 g/mol. The largest absolute Gasteiger partial charge is 0.348 e. The van der Waals surface area contributed by atoms with E-state index in [4.69, 9.17) is 23.2 Å². The van der Waals surface area contributed by atoms with Gasteiger partial charge in [0.05, 0.1) is 0 Å². The van der Waals surface area contributed by atoms with Gasteiger partial charge in [-0.3, -0.25) is 9.36 Å². The van der Waals surface area contributed by atoms with Crippen molar-refractivity contribution in [1.29, 1.82) is 0 Å². The molecule has 0 saturated heterocycles. The number of aryl methyl sites for hydroxylation is 2. The Morgan fingerprint density at radius 3 is 2.32 bits per heavy atom. The van der Waals surface area contributed by atoms with Crippen LogP contribution in [0.1, 0.15) is 24.4 Å². The molecule has 0 aliphatic heterocycles. The monoisotopic (exact) mass is 339 g/mol. The Kier molecular flexibility index (Phi) is 4.88. The summed E-state index contributed by atoms with van der Waals surface area (Å²) in [4.78, 5) is 28.2. The van der Waals surface area contributed by atoms with Crippen molar-refractivity contribution in [3.8, 4) is 0 Å². The fourth-order valence-corrected chi connectivity index (χ4v) is 2.75. The lowest BCUT2D eigenvalue weighted by atomic mass is 10.2. The van der Waals surface area contributed by atoms with E-state index in [1.807, 2.05) is 0 Å². The van der Waals surface area contributed by atoms with Crippen LogP contribution in [-0.2, 0) is 4.79 Å². The number of aromatic nitrogens is 2. The van der Waals surface area contributed by atoms with E-state index in [1.54, 1.807) is 45.0 Å². The molecule has 2 rings (SSSR count). The zero-order valence-corrected chi connectivity index (χ0v) is 13.9. The number of carbonyl (C=O) groups is 1. The molecule has 1 heterocycles. The number of anilines is 1. The van der Waals surface area contributed by atoms with E-state index in [1.165, 1.54) is 4.57 Å². The lowest BCUT2D eigenvalue weighted by molar-refractivity contribution is -0.118. The van der Waals surface area contributed by atoms with E-state index in [9.17, 15) is 9.59 Å². The van der Waals surface area contributed by atoms with Crippen LogP contribution >= 0.6 is 23.2 Å². The maximum Gasteiger partial charge on any atom is 0.348 e. The molecule has 0 aliphatic rings. The van der Waals surface area contributed by atoms with Crippen molar-refractivity contribution in [3.05, 3.63) is 56.2 Å². The maximum absolute atomic E-state index is 12.3. The summed E-state index contributed by atoms with van der Waals surface area (Å²) in [5.41, 5.74) is 1.31. The second-order valence-electron chi connectivity index (χ2n) is 5.01. The molecule has 5 nitrogen and oxygen atoms in total. The van der Waals surface area contributed by atoms with Gasteiger partial charge >= 0.3 is 5.69 Å². The molecule has 7 heteroatoms. The molecule has 1 unspecified atom stereocenters. The number of nitrogens with zero attached hydrogens (tertiary/aromatic N) is 2. The van der Waals surface area contributed by atoms with Gasteiger partial charge in [0.25, 0.3) is 0 Å². The van der Waals surface area contributed by atoms with Crippen LogP contribution in [0.2, 0.25) is 10.0 Å². The SMILES string of the molecule is Cc1cc(C)n(C(C)C(=O)Nc2cc(Cl)cc(Cl)c2)c(=O)n1. The molecule has 0 spiro atoms. The number of nitrogens with one attached hydrogen (secondary N) is 1. The van der Waals surface area contributed by atoms with Crippen LogP contribution in [0.15, 0.2) is 29.1 Å². The number of hydrogen-bond acceptors (Lipinski definition) is 3. The smallest absolute Gasteiger partial charge is 0.324 e. The number of hydrogen-bond donors (Lipinski definition) is 1. The molecule has 22 heavy (non-hydrogen) atoms. The van der Waals surface area contributed by atoms with Gasteiger partial charge in [0.2, 0.25) is 5.91 Å². The Balaban J connectivity index is 2.28. The van der Waals surface area contributed by atoms with E-state index in [2.05, 4.69) is 10.3 Å². The van der Waals surface area contributed by atoms with Gasteiger partial charge in [0, 0.05) is 27.1 Å². The van der Waals surface area contributed by atoms with Crippen LogP contribution in [0, 0.1) is 13.8 Å². The van der Waals surface area contributed by atoms with E-state index in [0.29, 0.717) is 27.1 Å². The van der Waals surface area contributed by atoms with Crippen LogP contribution in [0.5, 0.6) is 0 Å². The molecule has 1 aromatic carbocycles. The van der Waals surface area contributed by atoms with E-state index in [-0.39, 0.29) is 5.91 Å². The Morgan fingerprint density at radius 2 is 1.77 bits per heavy atom. The van der Waals surface area contributed by atoms with Crippen LogP contribution in [0.25, 0.3) is 0 Å². The summed E-state index contributed by atoms with van der Waals surface area (Å²) in [5.74, 6) is -0.353. The van der Waals surface area contributed by atoms with Crippen LogP contribution in [0.4, 0.5) is 5.69 Å². The molecule has 1 atom stereocenters. The normalized spacial score (nSPS) is 12.0. The van der Waals surface area contributed by atoms with Crippen molar-refractivity contribution in [2.45, 2.75) is 26.8 Å². The van der Waals surface area contributed by atoms with Gasteiger partial charge in [-0.2, -0.15) is 4.98 Å². The molecule has 1 N–H and O–H groups in total. The molecule has 1 aromatic heterocycles. The highest BCUT2D eigenvalue weighted by atomic mass is 35.5. The first kappa shape index (κ1) is 16.5. The Bertz CT molecular complexity index is 767. The fourth-order valence-electron chi connectivity index (χ4n) is 2.22. The van der Waals surface area contributed by atoms with Gasteiger partial charge < -0.3 is 5.32 Å². The van der Waals surface area contributed by atoms with Gasteiger partial charge in [-0.25, -0.2) is 4.79 Å². The average Bonchev–Trinajstić information content (AvgIpc) is 2.35. The number of benzene rings is 1. The third-order valence-corrected chi connectivity index (χ3v) is 3.61. The summed E-state index contributed by atoms with van der Waals surface area (Å²) in [5, 5.41) is 3.53. The third kappa shape index (κ3) is 3.67. The minimum absolute atomic E-state index is 0.353. The molecular formula is C15H15Cl2N3O2. The Hall–Kier alpha value is -1.85. The van der Waals surface area contributed by atoms with Gasteiger partial charge in [0.15, 0.2) is 0 Å². The average molecular weight is 340 g/mol. The second kappa shape index (κ2) is 6.50. The van der Waals surface area contributed by atoms with Crippen LogP contribution in [-0.4, -0.2) is 15.5 Å². The highest BCUT2D eigenvalue weighted by Crippen LogP contribution is 2.23. The highest BCUT2D eigenvalue weighted by Gasteiger charge is 2.19. The zero-order valence-electron chi connectivity index (χ0n) is 12.4. The van der Waals surface area contributed by atoms with Crippen molar-refractivity contribution in [2.24, 2.45) is 0 Å². The minimum atomic E-state index is -0.710. The topological polar surface area (TPSA) is 64.0 Å². The van der Waals surface area contributed by atoms with Gasteiger partial charge in [-0.15, -0.1) is 0 Å². The second-order valence-corrected chi connectivity index (χ2v) is 5.89. The predicted octanol–water partition coefficient (Wildman–Crippen LogP) is 3.37. The van der Waals surface area contributed by atoms with Gasteiger partial charge in [0.1, 0.15) is 6.04 Å². The van der Waals surface area contributed by atoms with Crippen molar-refractivity contribution in [1.82, 2.24) is 9.55 Å². The lowest BCUT2D eigenvalue weighted by Gasteiger charge is -2.17. The number of carbonyl (C=O) groups excluding carboxylic acids is 1. The van der Waals surface area contributed by atoms with Gasteiger partial charge in [-0.1, -0.05) is 23.2 Å². The molecule has 0 radical (unpaired) electrons. The van der Waals surface area contributed by atoms with Crippen molar-refractivity contribution in [2.75, 3.05) is 5.32 Å². The number of rotatable bonds is 3. The third-order valence-electron chi connectivity index (χ3n) is 3.17. The van der Waals surface area contributed by atoms with Crippen molar-refractivity contribution >= 4 is 34.8 Å². The first-order chi connectivity index (χ1) is 10.3. The fraction of sp³-hybridized carbons (Fsp3) is 0.267. The van der Waals surface area contributed by atoms with E-state index < -0.39 is 11.7 Å². The van der Waals surface area contributed by atoms with Crippen molar-refractivity contribution < 1.29 is 4.79 Å². The molecule has 1 amide bonds. The highest BCUT2D eigenvalue weighted by molar-refractivity contribution is 6.35. The molecule has 0 saturated carbocycles. The number of amides is 1. The summed E-state index contributed by atoms with van der Waals surface area (Å²) in [6, 6.07) is 5.78. The Labute approximate surface area is 137 Å². The summed E-state index contributed by atoms with van der Waals surface area (Å²) in [6.45, 7) is 5.13. The molecule has 2 aromatic rings. The summed E-state index contributed by atoms with van der Waals surface area (Å²) >= 11 is 11.8. The first-order valence-electron chi connectivity index (χ1n) is 6.61. The van der Waals surface area contributed by atoms with Crippen LogP contribution in [0.3, 0.4) is 0 Å². The molecule has 0 bridgehead atoms. The quantitative estimate of drug-likeness (QED) is 0.932. The Morgan fingerprint density at radius 1 is 1.18 bits per heavy atom. The zero-order chi connectivity index (χ0) is 16.4. The van der Waals surface area contributed by atoms with E-state index in [0.717, 1.165) is 0 Å². The lowest BCUT2D eigenvalue weighted by Crippen LogP contribution is -2.34.